The van der Waals surface area contributed by atoms with Crippen LogP contribution in [0.3, 0.4) is 0 Å². The summed E-state index contributed by atoms with van der Waals surface area (Å²) in [5, 5.41) is 11.1. The molecular formula is C45H31N3O. The zero-order chi connectivity index (χ0) is 33.2. The van der Waals surface area contributed by atoms with Gasteiger partial charge in [0.1, 0.15) is 11.2 Å². The molecule has 0 radical (unpaired) electrons. The molecule has 232 valence electrons. The van der Waals surface area contributed by atoms with E-state index in [1.807, 2.05) is 97.1 Å². The summed E-state index contributed by atoms with van der Waals surface area (Å²) in [4.78, 5) is 9.03. The molecule has 8 rings (SSSR count). The van der Waals surface area contributed by atoms with Crippen molar-refractivity contribution in [1.29, 1.82) is 5.41 Å². The van der Waals surface area contributed by atoms with Crippen LogP contribution in [0.4, 0.5) is 0 Å². The number of aliphatic imine (C=N–C) groups is 2. The van der Waals surface area contributed by atoms with Gasteiger partial charge in [0.25, 0.3) is 0 Å². The van der Waals surface area contributed by atoms with E-state index in [1.165, 1.54) is 0 Å². The fourth-order valence-electron chi connectivity index (χ4n) is 6.45. The van der Waals surface area contributed by atoms with Crippen molar-refractivity contribution in [3.05, 3.63) is 181 Å². The topological polar surface area (TPSA) is 61.7 Å². The summed E-state index contributed by atoms with van der Waals surface area (Å²) in [6.07, 6.45) is 0. The molecule has 4 heteroatoms. The van der Waals surface area contributed by atoms with Crippen molar-refractivity contribution in [2.45, 2.75) is 0 Å². The molecule has 0 amide bonds. The molecule has 0 unspecified atom stereocenters. The second-order valence-corrected chi connectivity index (χ2v) is 11.9. The summed E-state index contributed by atoms with van der Waals surface area (Å²) in [5.74, 6) is 0.459. The number of nitrogens with zero attached hydrogens (tertiary/aromatic N) is 2. The van der Waals surface area contributed by atoms with Crippen LogP contribution in [0.25, 0.3) is 66.4 Å². The van der Waals surface area contributed by atoms with Crippen LogP contribution in [0.5, 0.6) is 0 Å². The first-order valence-electron chi connectivity index (χ1n) is 16.2. The SMILES string of the molecule is C=NC(=NC(=N)c1ccc(-c2ccccc2)c2oc3c(-c4ccccc4)cc(-c4ccccc4)cc3c12)c1ccc(-c2ccccc2)cc1. The van der Waals surface area contributed by atoms with Gasteiger partial charge in [-0.1, -0.05) is 146 Å². The third kappa shape index (κ3) is 5.66. The summed E-state index contributed by atoms with van der Waals surface area (Å²) in [7, 11) is 0. The molecule has 0 aliphatic heterocycles. The standard InChI is InChI=1S/C45H31N3O/c1-47-45(35-24-22-32(23-25-35)30-14-6-2-7-15-30)48-44(46)38-27-26-37(33-18-10-4-11-19-33)43-41(38)40-29-36(31-16-8-3-9-17-31)28-39(42(40)49-43)34-20-12-5-13-21-34/h2-29,46H,1H2. The summed E-state index contributed by atoms with van der Waals surface area (Å²) in [5.41, 5.74) is 11.3. The Hall–Kier alpha value is -6.65. The molecule has 0 aliphatic carbocycles. The van der Waals surface area contributed by atoms with E-state index in [0.29, 0.717) is 17.0 Å². The molecule has 0 atom stereocenters. The third-order valence-electron chi connectivity index (χ3n) is 8.87. The molecule has 0 fully saturated rings. The van der Waals surface area contributed by atoms with Crippen molar-refractivity contribution < 1.29 is 4.42 Å². The van der Waals surface area contributed by atoms with Gasteiger partial charge >= 0.3 is 0 Å². The van der Waals surface area contributed by atoms with Gasteiger partial charge in [-0.15, -0.1) is 0 Å². The van der Waals surface area contributed by atoms with Crippen molar-refractivity contribution in [3.63, 3.8) is 0 Å². The van der Waals surface area contributed by atoms with Crippen LogP contribution < -0.4 is 0 Å². The molecule has 7 aromatic carbocycles. The first-order chi connectivity index (χ1) is 24.2. The lowest BCUT2D eigenvalue weighted by atomic mass is 9.93. The van der Waals surface area contributed by atoms with Crippen LogP contribution in [0.15, 0.2) is 184 Å². The quantitative estimate of drug-likeness (QED) is 0.144. The number of furan rings is 1. The Labute approximate surface area is 284 Å². The maximum atomic E-state index is 9.38. The Morgan fingerprint density at radius 1 is 0.490 bits per heavy atom. The van der Waals surface area contributed by atoms with E-state index in [-0.39, 0.29) is 5.84 Å². The number of hydrogen-bond donors (Lipinski definition) is 1. The minimum absolute atomic E-state index is 0.0771. The smallest absolute Gasteiger partial charge is 0.161 e. The highest BCUT2D eigenvalue weighted by Gasteiger charge is 2.22. The van der Waals surface area contributed by atoms with Gasteiger partial charge in [0.05, 0.1) is 0 Å². The molecular weight excluding hydrogens is 599 g/mol. The van der Waals surface area contributed by atoms with Gasteiger partial charge in [-0.3, -0.25) is 5.41 Å². The van der Waals surface area contributed by atoms with E-state index < -0.39 is 0 Å². The number of amidine groups is 2. The first kappa shape index (κ1) is 29.7. The summed E-state index contributed by atoms with van der Waals surface area (Å²) >= 11 is 0. The molecule has 0 spiro atoms. The second-order valence-electron chi connectivity index (χ2n) is 11.9. The molecule has 0 bridgehead atoms. The number of nitrogens with one attached hydrogen (secondary N) is 1. The van der Waals surface area contributed by atoms with Gasteiger partial charge in [0.2, 0.25) is 0 Å². The molecule has 1 N–H and O–H groups in total. The average molecular weight is 630 g/mol. The highest BCUT2D eigenvalue weighted by molar-refractivity contribution is 6.24. The van der Waals surface area contributed by atoms with Gasteiger partial charge in [-0.05, 0) is 64.4 Å². The van der Waals surface area contributed by atoms with E-state index in [0.717, 1.165) is 66.4 Å². The third-order valence-corrected chi connectivity index (χ3v) is 8.87. The first-order valence-corrected chi connectivity index (χ1v) is 16.2. The Balaban J connectivity index is 1.34. The van der Waals surface area contributed by atoms with E-state index in [1.54, 1.807) is 0 Å². The summed E-state index contributed by atoms with van der Waals surface area (Å²) in [6, 6.07) is 57.5. The van der Waals surface area contributed by atoms with Crippen LogP contribution in [-0.4, -0.2) is 18.4 Å². The van der Waals surface area contributed by atoms with E-state index >= 15 is 0 Å². The van der Waals surface area contributed by atoms with Crippen LogP contribution in [-0.2, 0) is 0 Å². The maximum Gasteiger partial charge on any atom is 0.161 e. The predicted octanol–water partition coefficient (Wildman–Crippen LogP) is 11.7. The van der Waals surface area contributed by atoms with Crippen molar-refractivity contribution in [1.82, 2.24) is 0 Å². The molecule has 1 heterocycles. The molecule has 4 nitrogen and oxygen atoms in total. The minimum Gasteiger partial charge on any atom is -0.455 e. The fraction of sp³-hybridized carbons (Fsp3) is 0. The van der Waals surface area contributed by atoms with Crippen molar-refractivity contribution >= 4 is 40.3 Å². The van der Waals surface area contributed by atoms with Gasteiger partial charge in [-0.25, -0.2) is 9.98 Å². The number of fused-ring (bicyclic) bond motifs is 3. The molecule has 1 aromatic heterocycles. The van der Waals surface area contributed by atoms with Crippen LogP contribution in [0.2, 0.25) is 0 Å². The van der Waals surface area contributed by atoms with Gasteiger partial charge in [0, 0.05) is 33.0 Å². The van der Waals surface area contributed by atoms with Crippen LogP contribution in [0.1, 0.15) is 11.1 Å². The second kappa shape index (κ2) is 12.9. The average Bonchev–Trinajstić information content (AvgIpc) is 3.57. The lowest BCUT2D eigenvalue weighted by molar-refractivity contribution is 0.671. The van der Waals surface area contributed by atoms with Gasteiger partial charge in [0.15, 0.2) is 11.7 Å². The zero-order valence-electron chi connectivity index (χ0n) is 26.7. The molecule has 0 aliphatic rings. The van der Waals surface area contributed by atoms with Crippen molar-refractivity contribution in [3.8, 4) is 44.5 Å². The molecule has 49 heavy (non-hydrogen) atoms. The normalized spacial score (nSPS) is 11.6. The zero-order valence-corrected chi connectivity index (χ0v) is 26.7. The molecule has 8 aromatic rings. The summed E-state index contributed by atoms with van der Waals surface area (Å²) < 4.78 is 6.90. The fourth-order valence-corrected chi connectivity index (χ4v) is 6.45. The molecule has 0 saturated heterocycles. The van der Waals surface area contributed by atoms with Crippen molar-refractivity contribution in [2.24, 2.45) is 9.98 Å². The highest BCUT2D eigenvalue weighted by Crippen LogP contribution is 2.44. The number of hydrogen-bond acceptors (Lipinski definition) is 2. The van der Waals surface area contributed by atoms with Gasteiger partial charge < -0.3 is 4.42 Å². The number of rotatable bonds is 6. The lowest BCUT2D eigenvalue weighted by Gasteiger charge is -2.09. The minimum atomic E-state index is 0.0771. The Morgan fingerprint density at radius 3 is 1.57 bits per heavy atom. The Morgan fingerprint density at radius 2 is 1.00 bits per heavy atom. The number of benzene rings is 7. The van der Waals surface area contributed by atoms with E-state index in [4.69, 9.17) is 9.41 Å². The Bertz CT molecular complexity index is 2480. The maximum absolute atomic E-state index is 9.38. The monoisotopic (exact) mass is 629 g/mol. The van der Waals surface area contributed by atoms with E-state index in [9.17, 15) is 5.41 Å². The van der Waals surface area contributed by atoms with Crippen LogP contribution >= 0.6 is 0 Å². The molecule has 0 saturated carbocycles. The van der Waals surface area contributed by atoms with Crippen LogP contribution in [0, 0.1) is 5.41 Å². The largest absolute Gasteiger partial charge is 0.455 e. The lowest BCUT2D eigenvalue weighted by Crippen LogP contribution is -2.04. The predicted molar refractivity (Wildman–Crippen MR) is 205 cm³/mol. The van der Waals surface area contributed by atoms with Gasteiger partial charge in [-0.2, -0.15) is 0 Å². The Kier molecular flexibility index (Phi) is 7.80. The van der Waals surface area contributed by atoms with E-state index in [2.05, 4.69) is 84.5 Å². The highest BCUT2D eigenvalue weighted by atomic mass is 16.3. The summed E-state index contributed by atoms with van der Waals surface area (Å²) in [6.45, 7) is 3.82. The van der Waals surface area contributed by atoms with Crippen molar-refractivity contribution in [2.75, 3.05) is 0 Å².